The summed E-state index contributed by atoms with van der Waals surface area (Å²) in [5.41, 5.74) is 0.121. The van der Waals surface area contributed by atoms with Gasteiger partial charge in [-0.25, -0.2) is 0 Å². The largest absolute Gasteiger partial charge is 0.309 e. The predicted molar refractivity (Wildman–Crippen MR) is 59.3 cm³/mol. The lowest BCUT2D eigenvalue weighted by Gasteiger charge is -2.36. The van der Waals surface area contributed by atoms with Crippen molar-refractivity contribution in [3.05, 3.63) is 0 Å². The molecule has 82 valence electrons. The summed E-state index contributed by atoms with van der Waals surface area (Å²) in [6.45, 7) is 8.23. The van der Waals surface area contributed by atoms with Gasteiger partial charge in [0.05, 0.1) is 0 Å². The first-order valence-electron chi connectivity index (χ1n) is 5.68. The zero-order valence-electron chi connectivity index (χ0n) is 9.89. The van der Waals surface area contributed by atoms with Gasteiger partial charge in [0.1, 0.15) is 5.78 Å². The number of rotatable bonds is 2. The van der Waals surface area contributed by atoms with Crippen LogP contribution in [-0.2, 0) is 4.79 Å². The second-order valence-corrected chi connectivity index (χ2v) is 5.50. The number of hydrogen-bond donors (Lipinski definition) is 1. The molecule has 2 nitrogen and oxygen atoms in total. The van der Waals surface area contributed by atoms with E-state index in [-0.39, 0.29) is 11.5 Å². The number of Topliss-reactive ketones (excluding diaryl/α,β-unsaturated/α-hetero) is 1. The molecule has 0 heterocycles. The standard InChI is InChI=1S/C12H23NO/c1-9(14)10-7-5-6-8-11(10)13-12(2,3)4/h10-11,13H,5-8H2,1-4H3/t10-,11-/m1/s1. The van der Waals surface area contributed by atoms with E-state index in [0.717, 1.165) is 12.8 Å². The molecule has 1 N–H and O–H groups in total. The van der Waals surface area contributed by atoms with E-state index in [9.17, 15) is 4.79 Å². The lowest BCUT2D eigenvalue weighted by atomic mass is 9.81. The lowest BCUT2D eigenvalue weighted by molar-refractivity contribution is -0.122. The third-order valence-corrected chi connectivity index (χ3v) is 2.91. The molecule has 0 radical (unpaired) electrons. The van der Waals surface area contributed by atoms with E-state index in [1.807, 2.05) is 0 Å². The molecule has 0 spiro atoms. The van der Waals surface area contributed by atoms with Crippen LogP contribution in [0, 0.1) is 5.92 Å². The van der Waals surface area contributed by atoms with Gasteiger partial charge in [-0.3, -0.25) is 4.79 Å². The normalized spacial score (nSPS) is 28.9. The van der Waals surface area contributed by atoms with E-state index < -0.39 is 0 Å². The summed E-state index contributed by atoms with van der Waals surface area (Å²) < 4.78 is 0. The van der Waals surface area contributed by atoms with Crippen LogP contribution in [-0.4, -0.2) is 17.4 Å². The van der Waals surface area contributed by atoms with Gasteiger partial charge in [-0.1, -0.05) is 12.8 Å². The molecule has 1 aliphatic rings. The van der Waals surface area contributed by atoms with Crippen molar-refractivity contribution in [1.82, 2.24) is 5.32 Å². The predicted octanol–water partition coefficient (Wildman–Crippen LogP) is 2.52. The molecule has 1 saturated carbocycles. The van der Waals surface area contributed by atoms with Crippen LogP contribution in [0.4, 0.5) is 0 Å². The fourth-order valence-electron chi connectivity index (χ4n) is 2.35. The maximum Gasteiger partial charge on any atom is 0.134 e. The van der Waals surface area contributed by atoms with Gasteiger partial charge in [-0.05, 0) is 40.5 Å². The van der Waals surface area contributed by atoms with Crippen LogP contribution in [0.1, 0.15) is 53.4 Å². The molecular formula is C12H23NO. The lowest BCUT2D eigenvalue weighted by Crippen LogP contribution is -2.50. The second kappa shape index (κ2) is 4.43. The Bertz CT molecular complexity index is 205. The molecule has 0 unspecified atom stereocenters. The van der Waals surface area contributed by atoms with Crippen LogP contribution >= 0.6 is 0 Å². The molecule has 0 bridgehead atoms. The summed E-state index contributed by atoms with van der Waals surface area (Å²) in [7, 11) is 0. The number of hydrogen-bond acceptors (Lipinski definition) is 2. The Morgan fingerprint density at radius 1 is 1.21 bits per heavy atom. The molecule has 0 saturated heterocycles. The van der Waals surface area contributed by atoms with Gasteiger partial charge in [-0.2, -0.15) is 0 Å². The number of carbonyl (C=O) groups excluding carboxylic acids is 1. The molecule has 0 aromatic heterocycles. The Hall–Kier alpha value is -0.370. The minimum atomic E-state index is 0.121. The van der Waals surface area contributed by atoms with Crippen LogP contribution in [0.3, 0.4) is 0 Å². The maximum absolute atomic E-state index is 11.5. The molecule has 2 heteroatoms. The highest BCUT2D eigenvalue weighted by molar-refractivity contribution is 5.79. The molecule has 2 atom stereocenters. The van der Waals surface area contributed by atoms with Crippen molar-refractivity contribution in [3.63, 3.8) is 0 Å². The number of nitrogens with one attached hydrogen (secondary N) is 1. The Morgan fingerprint density at radius 3 is 2.29 bits per heavy atom. The van der Waals surface area contributed by atoms with Crippen molar-refractivity contribution < 1.29 is 4.79 Å². The number of carbonyl (C=O) groups is 1. The number of ketones is 1. The van der Waals surface area contributed by atoms with Crippen molar-refractivity contribution >= 4 is 5.78 Å². The van der Waals surface area contributed by atoms with Crippen molar-refractivity contribution in [3.8, 4) is 0 Å². The minimum Gasteiger partial charge on any atom is -0.309 e. The topological polar surface area (TPSA) is 29.1 Å². The average Bonchev–Trinajstić information content (AvgIpc) is 2.01. The van der Waals surface area contributed by atoms with Crippen molar-refractivity contribution in [2.75, 3.05) is 0 Å². The first-order valence-corrected chi connectivity index (χ1v) is 5.68. The third-order valence-electron chi connectivity index (χ3n) is 2.91. The van der Waals surface area contributed by atoms with E-state index in [0.29, 0.717) is 11.8 Å². The zero-order valence-corrected chi connectivity index (χ0v) is 9.89. The van der Waals surface area contributed by atoms with E-state index in [2.05, 4.69) is 26.1 Å². The molecule has 1 rings (SSSR count). The quantitative estimate of drug-likeness (QED) is 0.737. The van der Waals surface area contributed by atoms with E-state index >= 15 is 0 Å². The second-order valence-electron chi connectivity index (χ2n) is 5.50. The van der Waals surface area contributed by atoms with Gasteiger partial charge in [0.25, 0.3) is 0 Å². The molecule has 1 aliphatic carbocycles. The molecule has 0 aromatic rings. The van der Waals surface area contributed by atoms with Crippen molar-refractivity contribution in [1.29, 1.82) is 0 Å². The summed E-state index contributed by atoms with van der Waals surface area (Å²) in [5, 5.41) is 3.57. The van der Waals surface area contributed by atoms with Gasteiger partial charge in [0, 0.05) is 17.5 Å². The summed E-state index contributed by atoms with van der Waals surface area (Å²) in [6.07, 6.45) is 4.70. The van der Waals surface area contributed by atoms with E-state index in [1.54, 1.807) is 6.92 Å². The van der Waals surface area contributed by atoms with Crippen LogP contribution in [0.2, 0.25) is 0 Å². The molecule has 0 amide bonds. The van der Waals surface area contributed by atoms with Crippen LogP contribution in [0.5, 0.6) is 0 Å². The molecular weight excluding hydrogens is 174 g/mol. The first kappa shape index (κ1) is 11.7. The highest BCUT2D eigenvalue weighted by Crippen LogP contribution is 2.26. The van der Waals surface area contributed by atoms with Gasteiger partial charge in [0.15, 0.2) is 0 Å². The summed E-state index contributed by atoms with van der Waals surface area (Å²) in [4.78, 5) is 11.5. The SMILES string of the molecule is CC(=O)[C@H]1CCCC[C@H]1NC(C)(C)C. The maximum atomic E-state index is 11.5. The fraction of sp³-hybridized carbons (Fsp3) is 0.917. The Kier molecular flexibility index (Phi) is 3.71. The van der Waals surface area contributed by atoms with Crippen LogP contribution in [0.25, 0.3) is 0 Å². The van der Waals surface area contributed by atoms with Crippen LogP contribution < -0.4 is 5.32 Å². The monoisotopic (exact) mass is 197 g/mol. The minimum absolute atomic E-state index is 0.121. The van der Waals surface area contributed by atoms with Gasteiger partial charge >= 0.3 is 0 Å². The molecule has 14 heavy (non-hydrogen) atoms. The summed E-state index contributed by atoms with van der Waals surface area (Å²) in [6, 6.07) is 0.404. The van der Waals surface area contributed by atoms with Crippen LogP contribution in [0.15, 0.2) is 0 Å². The van der Waals surface area contributed by atoms with E-state index in [1.165, 1.54) is 12.8 Å². The summed E-state index contributed by atoms with van der Waals surface area (Å²) >= 11 is 0. The van der Waals surface area contributed by atoms with Gasteiger partial charge in [0.2, 0.25) is 0 Å². The third kappa shape index (κ3) is 3.41. The highest BCUT2D eigenvalue weighted by Gasteiger charge is 2.30. The zero-order chi connectivity index (χ0) is 10.8. The smallest absolute Gasteiger partial charge is 0.134 e. The Labute approximate surface area is 87.5 Å². The van der Waals surface area contributed by atoms with Gasteiger partial charge < -0.3 is 5.32 Å². The first-order chi connectivity index (χ1) is 6.40. The Balaban J connectivity index is 2.59. The van der Waals surface area contributed by atoms with E-state index in [4.69, 9.17) is 0 Å². The van der Waals surface area contributed by atoms with Gasteiger partial charge in [-0.15, -0.1) is 0 Å². The molecule has 1 fully saturated rings. The molecule has 0 aliphatic heterocycles. The fourth-order valence-corrected chi connectivity index (χ4v) is 2.35. The summed E-state index contributed by atoms with van der Waals surface area (Å²) in [5.74, 6) is 0.606. The van der Waals surface area contributed by atoms with Crippen molar-refractivity contribution in [2.24, 2.45) is 5.92 Å². The molecule has 0 aromatic carbocycles. The highest BCUT2D eigenvalue weighted by atomic mass is 16.1. The average molecular weight is 197 g/mol. The Morgan fingerprint density at radius 2 is 1.79 bits per heavy atom. The van der Waals surface area contributed by atoms with Crippen molar-refractivity contribution in [2.45, 2.75) is 65.0 Å².